The molecular formula is C36H62O2. The molecule has 218 valence electrons. The van der Waals surface area contributed by atoms with Crippen LogP contribution in [0.2, 0.25) is 0 Å². The molecule has 0 bridgehead atoms. The largest absolute Gasteiger partial charge is 0.300 e. The van der Waals surface area contributed by atoms with Crippen LogP contribution in [0.1, 0.15) is 153 Å². The monoisotopic (exact) mass is 526 g/mol. The lowest BCUT2D eigenvalue weighted by atomic mass is 10.0. The van der Waals surface area contributed by atoms with Gasteiger partial charge in [0.15, 0.2) is 0 Å². The third kappa shape index (κ3) is 32.1. The Hall–Kier alpha value is -1.96. The molecule has 0 aliphatic carbocycles. The quantitative estimate of drug-likeness (QED) is 0.157. The molecule has 0 aromatic carbocycles. The summed E-state index contributed by atoms with van der Waals surface area (Å²) in [6, 6.07) is 0. The summed E-state index contributed by atoms with van der Waals surface area (Å²) < 4.78 is 0. The fourth-order valence-corrected chi connectivity index (χ4v) is 3.92. The lowest BCUT2D eigenvalue weighted by Gasteiger charge is -2.05. The van der Waals surface area contributed by atoms with Gasteiger partial charge in [-0.3, -0.25) is 0 Å². The third-order valence-electron chi connectivity index (χ3n) is 6.49. The molecule has 0 fully saturated rings. The zero-order valence-electron chi connectivity index (χ0n) is 27.0. The maximum Gasteiger partial charge on any atom is 0.130 e. The van der Waals surface area contributed by atoms with Crippen LogP contribution in [-0.4, -0.2) is 11.6 Å². The van der Waals surface area contributed by atoms with E-state index in [9.17, 15) is 9.59 Å². The summed E-state index contributed by atoms with van der Waals surface area (Å²) in [5.41, 5.74) is 7.21. The first kappa shape index (κ1) is 38.2. The highest BCUT2D eigenvalue weighted by Gasteiger charge is 1.97. The van der Waals surface area contributed by atoms with Crippen molar-refractivity contribution >= 4 is 11.6 Å². The summed E-state index contributed by atoms with van der Waals surface area (Å²) in [4.78, 5) is 21.7. The highest BCUT2D eigenvalue weighted by Crippen LogP contribution is 2.15. The SMILES string of the molecule is CC(=O)CC/C=C(\C)CC/C=C(\C)CCC=C(C)C.CC(=O)CC/C=C(\C)CC/C=C(\C)CCCC(C)C. The van der Waals surface area contributed by atoms with Crippen LogP contribution in [0.25, 0.3) is 0 Å². The number of carbonyl (C=O) groups excluding carboxylic acids is 2. The van der Waals surface area contributed by atoms with Crippen LogP contribution in [0.3, 0.4) is 0 Å². The van der Waals surface area contributed by atoms with Gasteiger partial charge in [0, 0.05) is 12.8 Å². The molecule has 0 aliphatic heterocycles. The van der Waals surface area contributed by atoms with Gasteiger partial charge in [0.1, 0.15) is 11.6 Å². The second kappa shape index (κ2) is 25.3. The molecule has 38 heavy (non-hydrogen) atoms. The van der Waals surface area contributed by atoms with E-state index >= 15 is 0 Å². The normalized spacial score (nSPS) is 12.8. The number of hydrogen-bond acceptors (Lipinski definition) is 2. The molecule has 0 saturated carbocycles. The fraction of sp³-hybridized carbons (Fsp3) is 0.667. The number of allylic oxidation sites excluding steroid dienone is 10. The number of hydrogen-bond donors (Lipinski definition) is 0. The van der Waals surface area contributed by atoms with Gasteiger partial charge in [-0.25, -0.2) is 0 Å². The Balaban J connectivity index is 0. The zero-order valence-corrected chi connectivity index (χ0v) is 27.0. The summed E-state index contributed by atoms with van der Waals surface area (Å²) >= 11 is 0. The van der Waals surface area contributed by atoms with Gasteiger partial charge in [-0.2, -0.15) is 0 Å². The maximum atomic E-state index is 10.8. The van der Waals surface area contributed by atoms with E-state index in [1.54, 1.807) is 13.8 Å². The third-order valence-corrected chi connectivity index (χ3v) is 6.49. The van der Waals surface area contributed by atoms with Crippen molar-refractivity contribution in [3.63, 3.8) is 0 Å². The highest BCUT2D eigenvalue weighted by molar-refractivity contribution is 5.75. The Morgan fingerprint density at radius 1 is 0.474 bits per heavy atom. The van der Waals surface area contributed by atoms with E-state index < -0.39 is 0 Å². The van der Waals surface area contributed by atoms with Gasteiger partial charge < -0.3 is 9.59 Å². The van der Waals surface area contributed by atoms with E-state index in [-0.39, 0.29) is 11.6 Å². The van der Waals surface area contributed by atoms with Crippen LogP contribution < -0.4 is 0 Å². The zero-order chi connectivity index (χ0) is 29.3. The predicted octanol–water partition coefficient (Wildman–Crippen LogP) is 11.6. The van der Waals surface area contributed by atoms with Crippen molar-refractivity contribution in [3.05, 3.63) is 58.2 Å². The summed E-state index contributed by atoms with van der Waals surface area (Å²) in [6.07, 6.45) is 25.3. The number of rotatable bonds is 19. The summed E-state index contributed by atoms with van der Waals surface area (Å²) in [5.74, 6) is 1.38. The van der Waals surface area contributed by atoms with Gasteiger partial charge in [0.05, 0.1) is 0 Å². The topological polar surface area (TPSA) is 34.1 Å². The van der Waals surface area contributed by atoms with E-state index in [4.69, 9.17) is 0 Å². The van der Waals surface area contributed by atoms with E-state index in [2.05, 4.69) is 85.8 Å². The van der Waals surface area contributed by atoms with Crippen molar-refractivity contribution in [2.45, 2.75) is 153 Å². The number of carbonyl (C=O) groups is 2. The van der Waals surface area contributed by atoms with Gasteiger partial charge in [0.2, 0.25) is 0 Å². The van der Waals surface area contributed by atoms with Crippen molar-refractivity contribution in [2.24, 2.45) is 5.92 Å². The van der Waals surface area contributed by atoms with Gasteiger partial charge in [0.25, 0.3) is 0 Å². The van der Waals surface area contributed by atoms with Gasteiger partial charge in [-0.1, -0.05) is 78.5 Å². The lowest BCUT2D eigenvalue weighted by molar-refractivity contribution is -0.117. The Labute approximate surface area is 237 Å². The first-order chi connectivity index (χ1) is 17.8. The van der Waals surface area contributed by atoms with Crippen LogP contribution >= 0.6 is 0 Å². The molecule has 0 rings (SSSR count). The molecule has 2 heteroatoms. The molecule has 2 nitrogen and oxygen atoms in total. The van der Waals surface area contributed by atoms with Crippen LogP contribution in [0.4, 0.5) is 0 Å². The van der Waals surface area contributed by atoms with Gasteiger partial charge in [-0.15, -0.1) is 0 Å². The van der Waals surface area contributed by atoms with Gasteiger partial charge >= 0.3 is 0 Å². The van der Waals surface area contributed by atoms with Crippen LogP contribution in [0.15, 0.2) is 58.2 Å². The van der Waals surface area contributed by atoms with Crippen LogP contribution in [-0.2, 0) is 9.59 Å². The van der Waals surface area contributed by atoms with Crippen molar-refractivity contribution in [1.29, 1.82) is 0 Å². The number of ketones is 2. The summed E-state index contributed by atoms with van der Waals surface area (Å²) in [7, 11) is 0. The molecular weight excluding hydrogens is 464 g/mol. The van der Waals surface area contributed by atoms with Crippen LogP contribution in [0, 0.1) is 5.92 Å². The maximum absolute atomic E-state index is 10.8. The molecule has 0 radical (unpaired) electrons. The molecule has 0 aliphatic rings. The molecule has 0 spiro atoms. The Morgan fingerprint density at radius 3 is 1.11 bits per heavy atom. The average Bonchev–Trinajstić information content (AvgIpc) is 2.78. The molecule has 0 amide bonds. The first-order valence-corrected chi connectivity index (χ1v) is 15.1. The highest BCUT2D eigenvalue weighted by atomic mass is 16.1. The second-order valence-electron chi connectivity index (χ2n) is 11.9. The van der Waals surface area contributed by atoms with E-state index in [1.165, 1.54) is 47.1 Å². The Kier molecular flexibility index (Phi) is 25.5. The molecule has 0 aromatic heterocycles. The standard InChI is InChI=1S/C18H32O.C18H30O/c2*1-15(2)9-6-10-16(3)11-7-12-17(4)13-8-14-18(5)19/h11,13,15H,6-10,12,14H2,1-5H3;9,11,13H,6-8,10,12,14H2,1-5H3/b2*16-11+,17-13+. The fourth-order valence-electron chi connectivity index (χ4n) is 3.92. The molecule has 0 atom stereocenters. The molecule has 0 aromatic rings. The van der Waals surface area contributed by atoms with Crippen molar-refractivity contribution < 1.29 is 9.59 Å². The van der Waals surface area contributed by atoms with Crippen molar-refractivity contribution in [1.82, 2.24) is 0 Å². The van der Waals surface area contributed by atoms with E-state index in [1.807, 2.05) is 0 Å². The van der Waals surface area contributed by atoms with Crippen LogP contribution in [0.5, 0.6) is 0 Å². The predicted molar refractivity (Wildman–Crippen MR) is 171 cm³/mol. The molecule has 0 unspecified atom stereocenters. The van der Waals surface area contributed by atoms with E-state index in [0.29, 0.717) is 12.8 Å². The van der Waals surface area contributed by atoms with Crippen molar-refractivity contribution in [2.75, 3.05) is 0 Å². The average molecular weight is 527 g/mol. The minimum absolute atomic E-state index is 0.277. The Morgan fingerprint density at radius 2 is 0.789 bits per heavy atom. The molecule has 0 saturated heterocycles. The van der Waals surface area contributed by atoms with Gasteiger partial charge in [-0.05, 0) is 126 Å². The lowest BCUT2D eigenvalue weighted by Crippen LogP contribution is -1.88. The van der Waals surface area contributed by atoms with Crippen molar-refractivity contribution in [3.8, 4) is 0 Å². The summed E-state index contributed by atoms with van der Waals surface area (Å²) in [5, 5.41) is 0. The molecule has 0 N–H and O–H groups in total. The first-order valence-electron chi connectivity index (χ1n) is 15.1. The van der Waals surface area contributed by atoms with E-state index in [0.717, 1.165) is 57.3 Å². The number of Topliss-reactive ketones (excluding diaryl/α,β-unsaturated/α-hetero) is 2. The summed E-state index contributed by atoms with van der Waals surface area (Å²) in [6.45, 7) is 21.0. The smallest absolute Gasteiger partial charge is 0.130 e. The Bertz CT molecular complexity index is 795. The minimum atomic E-state index is 0.277. The second-order valence-corrected chi connectivity index (χ2v) is 11.9. The molecule has 0 heterocycles. The minimum Gasteiger partial charge on any atom is -0.300 e.